The van der Waals surface area contributed by atoms with Crippen LogP contribution in [0.1, 0.15) is 48.1 Å². The molecule has 0 radical (unpaired) electrons. The Morgan fingerprint density at radius 1 is 0.957 bits per heavy atom. The van der Waals surface area contributed by atoms with E-state index < -0.39 is 0 Å². The van der Waals surface area contributed by atoms with Gasteiger partial charge in [-0.05, 0) is 75.2 Å². The van der Waals surface area contributed by atoms with Gasteiger partial charge in [0, 0.05) is 47.7 Å². The fourth-order valence-corrected chi connectivity index (χ4v) is 8.09. The molecule has 0 amide bonds. The zero-order chi connectivity index (χ0) is 31.1. The Morgan fingerprint density at radius 2 is 1.78 bits per heavy atom. The van der Waals surface area contributed by atoms with E-state index in [9.17, 15) is 0 Å². The lowest BCUT2D eigenvalue weighted by Crippen LogP contribution is -2.64. The number of likely N-dealkylation sites (tertiary alicyclic amines) is 1. The van der Waals surface area contributed by atoms with Crippen LogP contribution in [0.4, 0.5) is 11.5 Å². The van der Waals surface area contributed by atoms with Gasteiger partial charge >= 0.3 is 6.01 Å². The third-order valence-electron chi connectivity index (χ3n) is 10.6. The fraction of sp³-hybridized carbons (Fsp3) is 0.447. The van der Waals surface area contributed by atoms with Crippen molar-refractivity contribution in [2.45, 2.75) is 64.2 Å². The van der Waals surface area contributed by atoms with E-state index in [1.165, 1.54) is 39.6 Å². The van der Waals surface area contributed by atoms with Gasteiger partial charge in [-0.25, -0.2) is 9.98 Å². The Labute approximate surface area is 271 Å². The maximum atomic E-state index is 6.37. The molecule has 8 nitrogen and oxygen atoms in total. The van der Waals surface area contributed by atoms with E-state index in [1.54, 1.807) is 0 Å². The first kappa shape index (κ1) is 29.2. The molecule has 0 unspecified atom stereocenters. The average Bonchev–Trinajstić information content (AvgIpc) is 3.46. The Kier molecular flexibility index (Phi) is 7.71. The highest BCUT2D eigenvalue weighted by molar-refractivity contribution is 5.97. The van der Waals surface area contributed by atoms with Gasteiger partial charge in [0.2, 0.25) is 0 Å². The summed E-state index contributed by atoms with van der Waals surface area (Å²) in [5.41, 5.74) is 6.49. The predicted molar refractivity (Wildman–Crippen MR) is 184 cm³/mol. The lowest BCUT2D eigenvalue weighted by Gasteiger charge is -2.58. The van der Waals surface area contributed by atoms with Gasteiger partial charge in [-0.2, -0.15) is 9.97 Å². The van der Waals surface area contributed by atoms with Gasteiger partial charge in [0.25, 0.3) is 0 Å². The molecule has 1 aliphatic carbocycles. The van der Waals surface area contributed by atoms with Crippen LogP contribution in [0.5, 0.6) is 6.01 Å². The molecule has 3 aliphatic heterocycles. The summed E-state index contributed by atoms with van der Waals surface area (Å²) in [6, 6.07) is 27.8. The second kappa shape index (κ2) is 12.2. The third kappa shape index (κ3) is 5.65. The molecule has 0 bridgehead atoms. The van der Waals surface area contributed by atoms with E-state index >= 15 is 0 Å². The quantitative estimate of drug-likeness (QED) is 0.217. The Morgan fingerprint density at radius 3 is 2.59 bits per heavy atom. The standard InChI is InChI=1S/C38H43N7O/c1-27-9-6-12-29-13-7-15-34(35(27)29)44-18-16-32-33(22-44)41-37(46-23-31-14-8-17-43(31)2)42-36(32)45-24-38(25-45)19-30(20-38)40-26-39-21-28-10-4-3-5-11-28/h3-7,9-13,15,30-31H,8,14,16-25H2,1-2H3/t31-/m0/s1. The largest absolute Gasteiger partial charge is 0.462 e. The molecule has 236 valence electrons. The summed E-state index contributed by atoms with van der Waals surface area (Å²) < 4.78 is 6.37. The first-order valence-electron chi connectivity index (χ1n) is 16.9. The molecule has 0 N–H and O–H groups in total. The Balaban J connectivity index is 0.995. The first-order chi connectivity index (χ1) is 22.5. The second-order valence-electron chi connectivity index (χ2n) is 13.9. The molecule has 1 aromatic heterocycles. The number of rotatable bonds is 8. The van der Waals surface area contributed by atoms with Crippen molar-refractivity contribution in [3.05, 3.63) is 89.1 Å². The van der Waals surface area contributed by atoms with E-state index in [-0.39, 0.29) is 0 Å². The maximum absolute atomic E-state index is 6.37. The number of anilines is 2. The van der Waals surface area contributed by atoms with Crippen LogP contribution in [0.2, 0.25) is 0 Å². The van der Waals surface area contributed by atoms with Crippen LogP contribution in [0, 0.1) is 12.3 Å². The van der Waals surface area contributed by atoms with Gasteiger partial charge in [0.1, 0.15) is 12.4 Å². The summed E-state index contributed by atoms with van der Waals surface area (Å²) >= 11 is 0. The van der Waals surface area contributed by atoms with Crippen molar-refractivity contribution >= 4 is 28.3 Å². The molecule has 4 aliphatic rings. The number of benzene rings is 3. The van der Waals surface area contributed by atoms with Gasteiger partial charge < -0.3 is 19.4 Å². The van der Waals surface area contributed by atoms with Crippen LogP contribution in [0.25, 0.3) is 10.8 Å². The number of hydrogen-bond acceptors (Lipinski definition) is 8. The minimum Gasteiger partial charge on any atom is -0.462 e. The number of nitrogens with zero attached hydrogens (tertiary/aromatic N) is 7. The van der Waals surface area contributed by atoms with Crippen molar-refractivity contribution in [2.75, 3.05) is 49.6 Å². The molecule has 3 fully saturated rings. The van der Waals surface area contributed by atoms with Crippen LogP contribution in [-0.2, 0) is 19.5 Å². The number of hydrogen-bond donors (Lipinski definition) is 0. The summed E-state index contributed by atoms with van der Waals surface area (Å²) in [7, 11) is 2.19. The molecule has 3 aromatic carbocycles. The van der Waals surface area contributed by atoms with E-state index in [4.69, 9.17) is 14.7 Å². The number of aliphatic imine (C=N–C) groups is 2. The second-order valence-corrected chi connectivity index (χ2v) is 13.9. The van der Waals surface area contributed by atoms with Crippen molar-refractivity contribution in [1.29, 1.82) is 0 Å². The molecule has 8 heteroatoms. The molecule has 1 atom stereocenters. The smallest absolute Gasteiger partial charge is 0.318 e. The van der Waals surface area contributed by atoms with E-state index in [0.29, 0.717) is 36.7 Å². The summed E-state index contributed by atoms with van der Waals surface area (Å²) in [6.07, 6.45) is 5.50. The van der Waals surface area contributed by atoms with E-state index in [1.807, 2.05) is 18.2 Å². The molecule has 8 rings (SSSR count). The van der Waals surface area contributed by atoms with Crippen molar-refractivity contribution in [3.63, 3.8) is 0 Å². The molecule has 46 heavy (non-hydrogen) atoms. The lowest BCUT2D eigenvalue weighted by atomic mass is 9.61. The SMILES string of the molecule is Cc1cccc2cccc(N3CCc4c(nc(OC[C@@H]5CCCN5C)nc4N4CC5(CC(N=C=NCc6ccccc6)C5)C4)C3)c12. The average molecular weight is 614 g/mol. The number of aryl methyl sites for hydroxylation is 1. The van der Waals surface area contributed by atoms with Crippen LogP contribution in [0.15, 0.2) is 76.7 Å². The van der Waals surface area contributed by atoms with Crippen molar-refractivity contribution in [1.82, 2.24) is 14.9 Å². The van der Waals surface area contributed by atoms with Crippen molar-refractivity contribution in [3.8, 4) is 6.01 Å². The predicted octanol–water partition coefficient (Wildman–Crippen LogP) is 6.32. The topological polar surface area (TPSA) is 69.5 Å². The van der Waals surface area contributed by atoms with Gasteiger partial charge in [0.05, 0.1) is 30.8 Å². The minimum atomic E-state index is 0.320. The molecule has 4 heterocycles. The third-order valence-corrected chi connectivity index (χ3v) is 10.6. The molecule has 1 spiro atoms. The minimum absolute atomic E-state index is 0.320. The maximum Gasteiger partial charge on any atom is 0.318 e. The summed E-state index contributed by atoms with van der Waals surface area (Å²) in [5, 5.41) is 2.62. The molecule has 1 saturated carbocycles. The monoisotopic (exact) mass is 613 g/mol. The number of fused-ring (bicyclic) bond motifs is 2. The zero-order valence-corrected chi connectivity index (χ0v) is 27.0. The highest BCUT2D eigenvalue weighted by Gasteiger charge is 2.53. The Bertz CT molecular complexity index is 1780. The normalized spacial score (nSPS) is 20.6. The summed E-state index contributed by atoms with van der Waals surface area (Å²) in [4.78, 5) is 26.6. The van der Waals surface area contributed by atoms with E-state index in [2.05, 4.69) is 93.2 Å². The molecular weight excluding hydrogens is 570 g/mol. The van der Waals surface area contributed by atoms with Gasteiger partial charge in [-0.1, -0.05) is 60.7 Å². The first-order valence-corrected chi connectivity index (χ1v) is 16.9. The Hall–Kier alpha value is -4.26. The van der Waals surface area contributed by atoms with Crippen LogP contribution >= 0.6 is 0 Å². The van der Waals surface area contributed by atoms with Crippen molar-refractivity contribution < 1.29 is 4.74 Å². The molecule has 4 aromatic rings. The summed E-state index contributed by atoms with van der Waals surface area (Å²) in [6.45, 7) is 8.34. The highest BCUT2D eigenvalue weighted by atomic mass is 16.5. The molecule has 2 saturated heterocycles. The fourth-order valence-electron chi connectivity index (χ4n) is 8.09. The lowest BCUT2D eigenvalue weighted by molar-refractivity contribution is 0.0668. The van der Waals surface area contributed by atoms with Crippen LogP contribution in [-0.4, -0.2) is 72.8 Å². The van der Waals surface area contributed by atoms with Crippen LogP contribution < -0.4 is 14.5 Å². The van der Waals surface area contributed by atoms with Crippen molar-refractivity contribution in [2.24, 2.45) is 15.4 Å². The van der Waals surface area contributed by atoms with E-state index in [0.717, 1.165) is 69.9 Å². The zero-order valence-electron chi connectivity index (χ0n) is 27.0. The van der Waals surface area contributed by atoms with Gasteiger partial charge in [-0.15, -0.1) is 0 Å². The number of aromatic nitrogens is 2. The van der Waals surface area contributed by atoms with Crippen LogP contribution in [0.3, 0.4) is 0 Å². The highest BCUT2D eigenvalue weighted by Crippen LogP contribution is 2.51. The number of likely N-dealkylation sites (N-methyl/N-ethyl adjacent to an activating group) is 1. The van der Waals surface area contributed by atoms with Gasteiger partial charge in [-0.3, -0.25) is 0 Å². The number of ether oxygens (including phenoxy) is 1. The summed E-state index contributed by atoms with van der Waals surface area (Å²) in [5.74, 6) is 1.08. The molecular formula is C38H43N7O. The van der Waals surface area contributed by atoms with Gasteiger partial charge in [0.15, 0.2) is 0 Å².